The molecule has 0 fully saturated rings. The van der Waals surface area contributed by atoms with Crippen LogP contribution in [0.2, 0.25) is 0 Å². The summed E-state index contributed by atoms with van der Waals surface area (Å²) in [5, 5.41) is 2.80. The molecule has 0 bridgehead atoms. The van der Waals surface area contributed by atoms with Gasteiger partial charge in [-0.25, -0.2) is 8.42 Å². The van der Waals surface area contributed by atoms with Crippen molar-refractivity contribution in [1.82, 2.24) is 5.32 Å². The zero-order chi connectivity index (χ0) is 18.3. The minimum absolute atomic E-state index is 0. The fraction of sp³-hybridized carbons (Fsp3) is 0.588. The van der Waals surface area contributed by atoms with Gasteiger partial charge in [-0.05, 0) is 37.0 Å². The van der Waals surface area contributed by atoms with E-state index >= 15 is 0 Å². The first-order valence-electron chi connectivity index (χ1n) is 8.05. The molecule has 1 aromatic carbocycles. The molecule has 2 unspecified atom stereocenters. The third kappa shape index (κ3) is 9.67. The Morgan fingerprint density at radius 3 is 2.24 bits per heavy atom. The highest BCUT2D eigenvalue weighted by molar-refractivity contribution is 7.90. The predicted octanol–water partition coefficient (Wildman–Crippen LogP) is 2.08. The highest BCUT2D eigenvalue weighted by Gasteiger charge is 2.18. The number of sulfone groups is 1. The van der Waals surface area contributed by atoms with Crippen molar-refractivity contribution < 1.29 is 17.9 Å². The molecule has 0 spiro atoms. The third-order valence-corrected chi connectivity index (χ3v) is 4.44. The number of hydrogen-bond donors (Lipinski definition) is 2. The number of halogens is 1. The van der Waals surface area contributed by atoms with Crippen molar-refractivity contribution in [2.45, 2.75) is 39.3 Å². The van der Waals surface area contributed by atoms with Gasteiger partial charge in [-0.2, -0.15) is 0 Å². The number of nitrogens with two attached hydrogens (primary N) is 1. The maximum absolute atomic E-state index is 12.0. The molecular weight excluding hydrogens is 364 g/mol. The Kier molecular flexibility index (Phi) is 10.1. The lowest BCUT2D eigenvalue weighted by molar-refractivity contribution is -0.123. The van der Waals surface area contributed by atoms with Crippen LogP contribution < -0.4 is 15.8 Å². The zero-order valence-electron chi connectivity index (χ0n) is 15.2. The molecule has 0 aromatic heterocycles. The fourth-order valence-electron chi connectivity index (χ4n) is 1.99. The molecule has 0 heterocycles. The Hall–Kier alpha value is -1.31. The van der Waals surface area contributed by atoms with E-state index in [1.165, 1.54) is 0 Å². The molecule has 2 atom stereocenters. The van der Waals surface area contributed by atoms with Crippen molar-refractivity contribution in [1.29, 1.82) is 0 Å². The van der Waals surface area contributed by atoms with Gasteiger partial charge in [-0.3, -0.25) is 4.79 Å². The van der Waals surface area contributed by atoms with Crippen LogP contribution in [0.4, 0.5) is 0 Å². The summed E-state index contributed by atoms with van der Waals surface area (Å²) in [4.78, 5) is 12.0. The first-order chi connectivity index (χ1) is 11.1. The monoisotopic (exact) mass is 392 g/mol. The van der Waals surface area contributed by atoms with Crippen molar-refractivity contribution in [2.24, 2.45) is 11.7 Å². The molecule has 0 aliphatic carbocycles. The first kappa shape index (κ1) is 23.7. The summed E-state index contributed by atoms with van der Waals surface area (Å²) in [6.45, 7) is 6.67. The summed E-state index contributed by atoms with van der Waals surface area (Å²) >= 11 is 0. The second-order valence-electron chi connectivity index (χ2n) is 6.53. The highest BCUT2D eigenvalue weighted by Crippen LogP contribution is 2.18. The third-order valence-electron chi connectivity index (χ3n) is 3.46. The van der Waals surface area contributed by atoms with Gasteiger partial charge in [0.2, 0.25) is 5.91 Å². The fourth-order valence-corrected chi connectivity index (χ4v) is 2.67. The lowest BCUT2D eigenvalue weighted by atomic mass is 10.1. The number of carbonyl (C=O) groups excluding carboxylic acids is 1. The van der Waals surface area contributed by atoms with Crippen LogP contribution in [-0.2, 0) is 14.6 Å². The van der Waals surface area contributed by atoms with Crippen LogP contribution in [0, 0.1) is 5.92 Å². The van der Waals surface area contributed by atoms with Crippen LogP contribution in [0.15, 0.2) is 24.3 Å². The lowest BCUT2D eigenvalue weighted by Gasteiger charge is -2.18. The standard InChI is InChI=1S/C17H28N2O4S.ClH/c1-12(2)11-23-15-7-5-14(6-8-15)13(3)19-17(20)16(18)9-10-24(4,21)22;/h5-8,12-13,16H,9-11,18H2,1-4H3,(H,19,20);1H. The van der Waals surface area contributed by atoms with Gasteiger partial charge in [0.15, 0.2) is 0 Å². The van der Waals surface area contributed by atoms with Crippen LogP contribution in [-0.4, -0.2) is 39.0 Å². The largest absolute Gasteiger partial charge is 0.493 e. The van der Waals surface area contributed by atoms with Gasteiger partial charge in [0.05, 0.1) is 24.4 Å². The molecule has 25 heavy (non-hydrogen) atoms. The average Bonchev–Trinajstić information content (AvgIpc) is 2.50. The topological polar surface area (TPSA) is 98.5 Å². The van der Waals surface area contributed by atoms with E-state index in [4.69, 9.17) is 10.5 Å². The van der Waals surface area contributed by atoms with E-state index in [1.54, 1.807) is 0 Å². The Balaban J connectivity index is 0.00000576. The van der Waals surface area contributed by atoms with Gasteiger partial charge in [0, 0.05) is 6.26 Å². The smallest absolute Gasteiger partial charge is 0.237 e. The summed E-state index contributed by atoms with van der Waals surface area (Å²) in [7, 11) is -3.12. The van der Waals surface area contributed by atoms with Crippen LogP contribution in [0.3, 0.4) is 0 Å². The van der Waals surface area contributed by atoms with Gasteiger partial charge in [-0.15, -0.1) is 12.4 Å². The Bertz CT molecular complexity index is 633. The Labute approximate surface area is 156 Å². The molecule has 1 rings (SSSR count). The van der Waals surface area contributed by atoms with Gasteiger partial charge >= 0.3 is 0 Å². The van der Waals surface area contributed by atoms with E-state index in [9.17, 15) is 13.2 Å². The average molecular weight is 393 g/mol. The van der Waals surface area contributed by atoms with Gasteiger partial charge < -0.3 is 15.8 Å². The van der Waals surface area contributed by atoms with Crippen LogP contribution in [0.25, 0.3) is 0 Å². The molecular formula is C17H29ClN2O4S. The second-order valence-corrected chi connectivity index (χ2v) is 8.79. The van der Waals surface area contributed by atoms with Gasteiger partial charge in [-0.1, -0.05) is 26.0 Å². The number of hydrogen-bond acceptors (Lipinski definition) is 5. The maximum Gasteiger partial charge on any atom is 0.237 e. The molecule has 0 saturated heterocycles. The minimum atomic E-state index is -3.12. The second kappa shape index (κ2) is 10.6. The van der Waals surface area contributed by atoms with E-state index in [-0.39, 0.29) is 36.5 Å². The first-order valence-corrected chi connectivity index (χ1v) is 10.1. The molecule has 0 radical (unpaired) electrons. The van der Waals surface area contributed by atoms with Gasteiger partial charge in [0.1, 0.15) is 15.6 Å². The molecule has 1 amide bonds. The van der Waals surface area contributed by atoms with Crippen molar-refractivity contribution in [3.8, 4) is 5.75 Å². The molecule has 8 heteroatoms. The molecule has 3 N–H and O–H groups in total. The summed E-state index contributed by atoms with van der Waals surface area (Å²) in [6, 6.07) is 6.45. The van der Waals surface area contributed by atoms with E-state index in [2.05, 4.69) is 19.2 Å². The summed E-state index contributed by atoms with van der Waals surface area (Å²) < 4.78 is 27.9. The number of rotatable bonds is 9. The quantitative estimate of drug-likeness (QED) is 0.670. The van der Waals surface area contributed by atoms with E-state index < -0.39 is 15.9 Å². The molecule has 0 saturated carbocycles. The molecule has 144 valence electrons. The molecule has 0 aliphatic rings. The SMILES string of the molecule is CC(C)COc1ccc(C(C)NC(=O)C(N)CCS(C)(=O)=O)cc1.Cl. The summed E-state index contributed by atoms with van der Waals surface area (Å²) in [5.74, 6) is 0.788. The van der Waals surface area contributed by atoms with Crippen molar-refractivity contribution in [2.75, 3.05) is 18.6 Å². The number of amides is 1. The number of benzene rings is 1. The van der Waals surface area contributed by atoms with Crippen molar-refractivity contribution >= 4 is 28.2 Å². The van der Waals surface area contributed by atoms with Crippen LogP contribution in [0.5, 0.6) is 5.75 Å². The lowest BCUT2D eigenvalue weighted by Crippen LogP contribution is -2.42. The Morgan fingerprint density at radius 2 is 1.76 bits per heavy atom. The van der Waals surface area contributed by atoms with Crippen molar-refractivity contribution in [3.63, 3.8) is 0 Å². The summed E-state index contributed by atoms with van der Waals surface area (Å²) in [6.07, 6.45) is 1.24. The molecule has 1 aromatic rings. The van der Waals surface area contributed by atoms with E-state index in [0.29, 0.717) is 12.5 Å². The number of nitrogens with one attached hydrogen (secondary N) is 1. The maximum atomic E-state index is 12.0. The zero-order valence-corrected chi connectivity index (χ0v) is 16.8. The van der Waals surface area contributed by atoms with E-state index in [1.807, 2.05) is 31.2 Å². The van der Waals surface area contributed by atoms with Gasteiger partial charge in [0.25, 0.3) is 0 Å². The number of carbonyl (C=O) groups is 1. The van der Waals surface area contributed by atoms with Crippen molar-refractivity contribution in [3.05, 3.63) is 29.8 Å². The summed E-state index contributed by atoms with van der Waals surface area (Å²) in [5.41, 5.74) is 6.67. The minimum Gasteiger partial charge on any atom is -0.493 e. The van der Waals surface area contributed by atoms with Crippen LogP contribution >= 0.6 is 12.4 Å². The molecule has 6 nitrogen and oxygen atoms in total. The molecule has 0 aliphatic heterocycles. The van der Waals surface area contributed by atoms with Crippen LogP contribution in [0.1, 0.15) is 38.8 Å². The highest BCUT2D eigenvalue weighted by atomic mass is 35.5. The normalized spacial score (nSPS) is 13.7. The predicted molar refractivity (Wildman–Crippen MR) is 103 cm³/mol. The van der Waals surface area contributed by atoms with E-state index in [0.717, 1.165) is 17.6 Å². The number of ether oxygens (including phenoxy) is 1. The Morgan fingerprint density at radius 1 is 1.20 bits per heavy atom.